The maximum Gasteiger partial charge on any atom is 0.211 e. The first-order valence-electron chi connectivity index (χ1n) is 8.47. The molecule has 1 heterocycles. The van der Waals surface area contributed by atoms with Gasteiger partial charge in [0.15, 0.2) is 0 Å². The van der Waals surface area contributed by atoms with Gasteiger partial charge in [-0.3, -0.25) is 4.79 Å². The van der Waals surface area contributed by atoms with Crippen molar-refractivity contribution in [2.45, 2.75) is 20.3 Å². The first-order valence-corrected chi connectivity index (χ1v) is 8.47. The van der Waals surface area contributed by atoms with Crippen molar-refractivity contribution in [1.29, 1.82) is 0 Å². The minimum atomic E-state index is 0.637. The van der Waals surface area contributed by atoms with E-state index in [-0.39, 0.29) is 0 Å². The quantitative estimate of drug-likeness (QED) is 0.631. The molecule has 0 aliphatic rings. The molecule has 25 heavy (non-hydrogen) atoms. The van der Waals surface area contributed by atoms with Gasteiger partial charge in [0.2, 0.25) is 6.41 Å². The summed E-state index contributed by atoms with van der Waals surface area (Å²) in [6, 6.07) is 13.8. The first kappa shape index (κ1) is 16.9. The normalized spacial score (nSPS) is 10.8. The van der Waals surface area contributed by atoms with Gasteiger partial charge in [-0.2, -0.15) is 0 Å². The number of benzene rings is 2. The number of rotatable bonds is 7. The maximum absolute atomic E-state index is 10.9. The fraction of sp³-hybridized carbons (Fsp3) is 0.250. The molecule has 3 aromatic rings. The van der Waals surface area contributed by atoms with E-state index in [1.54, 1.807) is 6.33 Å². The number of nitrogens with one attached hydrogen (secondary N) is 2. The molecule has 0 aliphatic heterocycles. The Kier molecular flexibility index (Phi) is 5.23. The number of aromatic nitrogens is 2. The SMILES string of the molecule is CC(C)CCNc1ncnc2ccc(-c3ccccc3NC=O)cc12. The molecule has 3 rings (SSSR count). The topological polar surface area (TPSA) is 66.9 Å². The molecule has 1 aromatic heterocycles. The number of carbonyl (C=O) groups excluding carboxylic acids is 1. The molecule has 0 aliphatic carbocycles. The average molecular weight is 334 g/mol. The molecule has 5 nitrogen and oxygen atoms in total. The summed E-state index contributed by atoms with van der Waals surface area (Å²) in [5.74, 6) is 1.48. The van der Waals surface area contributed by atoms with Crippen LogP contribution in [0, 0.1) is 5.92 Å². The van der Waals surface area contributed by atoms with E-state index in [2.05, 4.69) is 40.5 Å². The van der Waals surface area contributed by atoms with Crippen molar-refractivity contribution in [3.63, 3.8) is 0 Å². The van der Waals surface area contributed by atoms with Gasteiger partial charge in [-0.1, -0.05) is 38.1 Å². The molecule has 2 aromatic carbocycles. The molecule has 0 saturated carbocycles. The highest BCUT2D eigenvalue weighted by Crippen LogP contribution is 2.31. The Bertz CT molecular complexity index is 876. The van der Waals surface area contributed by atoms with Gasteiger partial charge in [0.25, 0.3) is 0 Å². The van der Waals surface area contributed by atoms with Crippen molar-refractivity contribution >= 4 is 28.8 Å². The van der Waals surface area contributed by atoms with Crippen LogP contribution in [0.4, 0.5) is 11.5 Å². The van der Waals surface area contributed by atoms with Crippen LogP contribution in [0.3, 0.4) is 0 Å². The molecule has 0 bridgehead atoms. The van der Waals surface area contributed by atoms with E-state index in [0.29, 0.717) is 12.3 Å². The summed E-state index contributed by atoms with van der Waals surface area (Å²) in [4.78, 5) is 19.6. The lowest BCUT2D eigenvalue weighted by molar-refractivity contribution is -0.105. The lowest BCUT2D eigenvalue weighted by Crippen LogP contribution is -2.07. The van der Waals surface area contributed by atoms with E-state index in [4.69, 9.17) is 0 Å². The summed E-state index contributed by atoms with van der Waals surface area (Å²) in [7, 11) is 0. The Hall–Kier alpha value is -2.95. The Balaban J connectivity index is 2.00. The zero-order valence-electron chi connectivity index (χ0n) is 14.5. The van der Waals surface area contributed by atoms with E-state index < -0.39 is 0 Å². The van der Waals surface area contributed by atoms with Crippen molar-refractivity contribution in [3.05, 3.63) is 48.8 Å². The first-order chi connectivity index (χ1) is 12.2. The van der Waals surface area contributed by atoms with Gasteiger partial charge in [0.05, 0.1) is 5.52 Å². The van der Waals surface area contributed by atoms with E-state index >= 15 is 0 Å². The van der Waals surface area contributed by atoms with Crippen molar-refractivity contribution in [2.24, 2.45) is 5.92 Å². The lowest BCUT2D eigenvalue weighted by atomic mass is 10.0. The molecule has 5 heteroatoms. The minimum absolute atomic E-state index is 0.637. The Labute approximate surface area is 147 Å². The third-order valence-electron chi connectivity index (χ3n) is 4.10. The van der Waals surface area contributed by atoms with Gasteiger partial charge in [-0.25, -0.2) is 9.97 Å². The molecule has 0 saturated heterocycles. The van der Waals surface area contributed by atoms with E-state index in [1.165, 1.54) is 0 Å². The smallest absolute Gasteiger partial charge is 0.211 e. The molecular formula is C20H22N4O. The Morgan fingerprint density at radius 2 is 1.96 bits per heavy atom. The van der Waals surface area contributed by atoms with Crippen LogP contribution in [-0.2, 0) is 4.79 Å². The molecule has 0 spiro atoms. The number of fused-ring (bicyclic) bond motifs is 1. The fourth-order valence-electron chi connectivity index (χ4n) is 2.77. The monoisotopic (exact) mass is 334 g/mol. The van der Waals surface area contributed by atoms with Crippen LogP contribution in [0.25, 0.3) is 22.0 Å². The molecular weight excluding hydrogens is 312 g/mol. The number of para-hydroxylation sites is 1. The lowest BCUT2D eigenvalue weighted by Gasteiger charge is -2.12. The summed E-state index contributed by atoms with van der Waals surface area (Å²) >= 11 is 0. The van der Waals surface area contributed by atoms with Crippen molar-refractivity contribution < 1.29 is 4.79 Å². The summed E-state index contributed by atoms with van der Waals surface area (Å²) in [5, 5.41) is 7.15. The second-order valence-corrected chi connectivity index (χ2v) is 6.37. The van der Waals surface area contributed by atoms with Gasteiger partial charge in [-0.15, -0.1) is 0 Å². The van der Waals surface area contributed by atoms with E-state index in [0.717, 1.165) is 46.5 Å². The van der Waals surface area contributed by atoms with Gasteiger partial charge in [-0.05, 0) is 36.1 Å². The third-order valence-corrected chi connectivity index (χ3v) is 4.10. The number of nitrogens with zero attached hydrogens (tertiary/aromatic N) is 2. The highest BCUT2D eigenvalue weighted by atomic mass is 16.1. The standard InChI is InChI=1S/C20H22N4O/c1-14(2)9-10-21-20-17-11-15(7-8-19(17)22-12-23-20)16-5-3-4-6-18(16)24-13-25/h3-8,11-14H,9-10H2,1-2H3,(H,24,25)(H,21,22,23). The fourth-order valence-corrected chi connectivity index (χ4v) is 2.77. The highest BCUT2D eigenvalue weighted by Gasteiger charge is 2.09. The third kappa shape index (κ3) is 3.94. The summed E-state index contributed by atoms with van der Waals surface area (Å²) in [6.07, 6.45) is 3.36. The number of hydrogen-bond donors (Lipinski definition) is 2. The number of amides is 1. The molecule has 0 atom stereocenters. The Morgan fingerprint density at radius 1 is 1.12 bits per heavy atom. The van der Waals surface area contributed by atoms with Crippen LogP contribution in [0.1, 0.15) is 20.3 Å². The van der Waals surface area contributed by atoms with Crippen molar-refractivity contribution in [2.75, 3.05) is 17.2 Å². The van der Waals surface area contributed by atoms with Crippen molar-refractivity contribution in [3.8, 4) is 11.1 Å². The number of anilines is 2. The molecule has 2 N–H and O–H groups in total. The van der Waals surface area contributed by atoms with Crippen LogP contribution in [0.2, 0.25) is 0 Å². The minimum Gasteiger partial charge on any atom is -0.369 e. The predicted octanol–water partition coefficient (Wildman–Crippen LogP) is 4.32. The van der Waals surface area contributed by atoms with Gasteiger partial charge >= 0.3 is 0 Å². The second-order valence-electron chi connectivity index (χ2n) is 6.37. The van der Waals surface area contributed by atoms with Crippen LogP contribution in [0.15, 0.2) is 48.8 Å². The number of hydrogen-bond acceptors (Lipinski definition) is 4. The zero-order valence-corrected chi connectivity index (χ0v) is 14.5. The van der Waals surface area contributed by atoms with E-state index in [1.807, 2.05) is 36.4 Å². The Morgan fingerprint density at radius 3 is 2.76 bits per heavy atom. The largest absolute Gasteiger partial charge is 0.369 e. The van der Waals surface area contributed by atoms with Crippen LogP contribution >= 0.6 is 0 Å². The van der Waals surface area contributed by atoms with Gasteiger partial charge in [0.1, 0.15) is 12.1 Å². The van der Waals surface area contributed by atoms with Gasteiger partial charge < -0.3 is 10.6 Å². The summed E-state index contributed by atoms with van der Waals surface area (Å²) < 4.78 is 0. The molecule has 1 amide bonds. The van der Waals surface area contributed by atoms with Crippen LogP contribution in [0.5, 0.6) is 0 Å². The van der Waals surface area contributed by atoms with Gasteiger partial charge in [0, 0.05) is 23.2 Å². The predicted molar refractivity (Wildman–Crippen MR) is 103 cm³/mol. The summed E-state index contributed by atoms with van der Waals surface area (Å²) in [5.41, 5.74) is 3.65. The number of carbonyl (C=O) groups is 1. The summed E-state index contributed by atoms with van der Waals surface area (Å²) in [6.45, 7) is 5.28. The molecule has 0 unspecified atom stereocenters. The zero-order chi connectivity index (χ0) is 17.6. The maximum atomic E-state index is 10.9. The molecule has 128 valence electrons. The van der Waals surface area contributed by atoms with Crippen LogP contribution in [-0.4, -0.2) is 22.9 Å². The van der Waals surface area contributed by atoms with E-state index in [9.17, 15) is 4.79 Å². The van der Waals surface area contributed by atoms with Crippen LogP contribution < -0.4 is 10.6 Å². The van der Waals surface area contributed by atoms with Crippen molar-refractivity contribution in [1.82, 2.24) is 9.97 Å². The second kappa shape index (κ2) is 7.75. The average Bonchev–Trinajstić information content (AvgIpc) is 2.62. The molecule has 0 fully saturated rings. The highest BCUT2D eigenvalue weighted by molar-refractivity contribution is 5.95. The molecule has 0 radical (unpaired) electrons.